The van der Waals surface area contributed by atoms with E-state index in [4.69, 9.17) is 10.5 Å². The van der Waals surface area contributed by atoms with Crippen LogP contribution in [0.4, 0.5) is 4.79 Å². The number of carbonyl (C=O) groups excluding carboxylic acids is 1. The fraction of sp³-hybridized carbons (Fsp3) is 0.917. The molecule has 0 saturated heterocycles. The first-order valence-electron chi connectivity index (χ1n) is 5.91. The van der Waals surface area contributed by atoms with E-state index in [2.05, 4.69) is 0 Å². The standard InChI is InChI=1S/C12H26N2O2/c1-7-12(6,9-13)14(8-2)10(15)16-11(3,4)5/h7-9,13H2,1-6H3. The number of likely N-dealkylation sites (N-methyl/N-ethyl adjacent to an activating group) is 1. The molecule has 0 rings (SSSR count). The Bertz CT molecular complexity index is 230. The molecule has 0 aromatic heterocycles. The maximum Gasteiger partial charge on any atom is 0.410 e. The molecule has 0 aliphatic rings. The molecule has 1 unspecified atom stereocenters. The van der Waals surface area contributed by atoms with Gasteiger partial charge in [0.15, 0.2) is 0 Å². The van der Waals surface area contributed by atoms with Crippen LogP contribution in [0.15, 0.2) is 0 Å². The predicted molar refractivity (Wildman–Crippen MR) is 66.4 cm³/mol. The molecule has 0 bridgehead atoms. The number of hydrogen-bond donors (Lipinski definition) is 1. The molecule has 0 aromatic rings. The third-order valence-electron chi connectivity index (χ3n) is 2.78. The van der Waals surface area contributed by atoms with Crippen LogP contribution in [0, 0.1) is 0 Å². The molecule has 0 fully saturated rings. The smallest absolute Gasteiger partial charge is 0.410 e. The first kappa shape index (κ1) is 15.2. The number of nitrogens with zero attached hydrogens (tertiary/aromatic N) is 1. The summed E-state index contributed by atoms with van der Waals surface area (Å²) in [5.74, 6) is 0. The number of nitrogens with two attached hydrogens (primary N) is 1. The van der Waals surface area contributed by atoms with Gasteiger partial charge in [0, 0.05) is 13.1 Å². The second-order valence-electron chi connectivity index (χ2n) is 5.28. The van der Waals surface area contributed by atoms with Crippen molar-refractivity contribution < 1.29 is 9.53 Å². The lowest BCUT2D eigenvalue weighted by Crippen LogP contribution is -2.55. The summed E-state index contributed by atoms with van der Waals surface area (Å²) in [6.45, 7) is 12.6. The van der Waals surface area contributed by atoms with Gasteiger partial charge < -0.3 is 15.4 Å². The lowest BCUT2D eigenvalue weighted by atomic mass is 9.97. The minimum atomic E-state index is -0.465. The summed E-state index contributed by atoms with van der Waals surface area (Å²) in [4.78, 5) is 13.7. The van der Waals surface area contributed by atoms with Crippen molar-refractivity contribution in [1.82, 2.24) is 4.90 Å². The van der Waals surface area contributed by atoms with Gasteiger partial charge in [-0.3, -0.25) is 0 Å². The van der Waals surface area contributed by atoms with Gasteiger partial charge in [-0.25, -0.2) is 4.79 Å². The molecule has 0 spiro atoms. The molecule has 0 aromatic carbocycles. The highest BCUT2D eigenvalue weighted by atomic mass is 16.6. The van der Waals surface area contributed by atoms with Gasteiger partial charge in [-0.05, 0) is 41.0 Å². The number of amides is 1. The molecular formula is C12H26N2O2. The average molecular weight is 230 g/mol. The van der Waals surface area contributed by atoms with Gasteiger partial charge in [-0.15, -0.1) is 0 Å². The highest BCUT2D eigenvalue weighted by molar-refractivity contribution is 5.69. The molecule has 4 heteroatoms. The van der Waals surface area contributed by atoms with E-state index in [1.165, 1.54) is 0 Å². The highest BCUT2D eigenvalue weighted by Crippen LogP contribution is 2.21. The van der Waals surface area contributed by atoms with Crippen molar-refractivity contribution in [3.63, 3.8) is 0 Å². The molecule has 0 heterocycles. The molecule has 2 N–H and O–H groups in total. The monoisotopic (exact) mass is 230 g/mol. The minimum absolute atomic E-state index is 0.287. The van der Waals surface area contributed by atoms with E-state index in [0.717, 1.165) is 6.42 Å². The third-order valence-corrected chi connectivity index (χ3v) is 2.78. The second kappa shape index (κ2) is 5.53. The van der Waals surface area contributed by atoms with Crippen LogP contribution in [0.5, 0.6) is 0 Å². The van der Waals surface area contributed by atoms with E-state index in [1.54, 1.807) is 4.90 Å². The SMILES string of the molecule is CCN(C(=O)OC(C)(C)C)C(C)(CC)CN. The van der Waals surface area contributed by atoms with Gasteiger partial charge in [0.25, 0.3) is 0 Å². The minimum Gasteiger partial charge on any atom is -0.444 e. The Balaban J connectivity index is 4.79. The van der Waals surface area contributed by atoms with Crippen LogP contribution in [0.1, 0.15) is 48.0 Å². The molecule has 0 radical (unpaired) electrons. The van der Waals surface area contributed by atoms with Crippen molar-refractivity contribution >= 4 is 6.09 Å². The van der Waals surface area contributed by atoms with Crippen molar-refractivity contribution in [3.8, 4) is 0 Å². The van der Waals surface area contributed by atoms with E-state index in [-0.39, 0.29) is 11.6 Å². The van der Waals surface area contributed by atoms with E-state index in [0.29, 0.717) is 13.1 Å². The van der Waals surface area contributed by atoms with Crippen molar-refractivity contribution in [3.05, 3.63) is 0 Å². The zero-order valence-electron chi connectivity index (χ0n) is 11.5. The first-order valence-corrected chi connectivity index (χ1v) is 5.91. The van der Waals surface area contributed by atoms with Crippen molar-refractivity contribution in [1.29, 1.82) is 0 Å². The number of carbonyl (C=O) groups is 1. The number of rotatable bonds is 4. The molecule has 1 atom stereocenters. The van der Waals surface area contributed by atoms with Crippen LogP contribution >= 0.6 is 0 Å². The summed E-state index contributed by atoms with van der Waals surface area (Å²) < 4.78 is 5.37. The lowest BCUT2D eigenvalue weighted by molar-refractivity contribution is 0.00219. The van der Waals surface area contributed by atoms with Crippen LogP contribution in [0.2, 0.25) is 0 Å². The van der Waals surface area contributed by atoms with Gasteiger partial charge in [-0.2, -0.15) is 0 Å². The lowest BCUT2D eigenvalue weighted by Gasteiger charge is -2.40. The molecule has 16 heavy (non-hydrogen) atoms. The Hall–Kier alpha value is -0.770. The normalized spacial score (nSPS) is 15.4. The Morgan fingerprint density at radius 3 is 2.00 bits per heavy atom. The zero-order valence-corrected chi connectivity index (χ0v) is 11.5. The number of hydrogen-bond acceptors (Lipinski definition) is 3. The molecular weight excluding hydrogens is 204 g/mol. The summed E-state index contributed by atoms with van der Waals surface area (Å²) in [6, 6.07) is 0. The quantitative estimate of drug-likeness (QED) is 0.806. The predicted octanol–water partition coefficient (Wildman–Crippen LogP) is 2.37. The molecule has 0 aliphatic carbocycles. The average Bonchev–Trinajstić information content (AvgIpc) is 2.15. The molecule has 0 aliphatic heterocycles. The van der Waals surface area contributed by atoms with Crippen molar-refractivity contribution in [2.75, 3.05) is 13.1 Å². The fourth-order valence-corrected chi connectivity index (χ4v) is 1.49. The van der Waals surface area contributed by atoms with Gasteiger partial charge in [0.2, 0.25) is 0 Å². The van der Waals surface area contributed by atoms with Crippen LogP contribution in [-0.2, 0) is 4.74 Å². The van der Waals surface area contributed by atoms with Crippen molar-refractivity contribution in [2.24, 2.45) is 5.73 Å². The van der Waals surface area contributed by atoms with Gasteiger partial charge in [0.05, 0.1) is 5.54 Å². The third kappa shape index (κ3) is 4.00. The molecule has 96 valence electrons. The fourth-order valence-electron chi connectivity index (χ4n) is 1.49. The highest BCUT2D eigenvalue weighted by Gasteiger charge is 2.34. The van der Waals surface area contributed by atoms with E-state index >= 15 is 0 Å². The zero-order chi connectivity index (χ0) is 13.0. The Morgan fingerprint density at radius 1 is 1.25 bits per heavy atom. The van der Waals surface area contributed by atoms with E-state index in [1.807, 2.05) is 41.5 Å². The van der Waals surface area contributed by atoms with Crippen LogP contribution in [0.3, 0.4) is 0 Å². The largest absolute Gasteiger partial charge is 0.444 e. The maximum absolute atomic E-state index is 12.0. The van der Waals surface area contributed by atoms with Crippen molar-refractivity contribution in [2.45, 2.75) is 59.1 Å². The Kier molecular flexibility index (Phi) is 5.26. The Labute approximate surface area is 99.1 Å². The molecule has 0 saturated carbocycles. The van der Waals surface area contributed by atoms with Crippen LogP contribution in [0.25, 0.3) is 0 Å². The number of ether oxygens (including phenoxy) is 1. The van der Waals surface area contributed by atoms with E-state index < -0.39 is 5.60 Å². The van der Waals surface area contributed by atoms with Crippen LogP contribution < -0.4 is 5.73 Å². The van der Waals surface area contributed by atoms with Gasteiger partial charge in [-0.1, -0.05) is 6.92 Å². The second-order valence-corrected chi connectivity index (χ2v) is 5.28. The van der Waals surface area contributed by atoms with Gasteiger partial charge >= 0.3 is 6.09 Å². The van der Waals surface area contributed by atoms with E-state index in [9.17, 15) is 4.79 Å². The molecule has 1 amide bonds. The molecule has 4 nitrogen and oxygen atoms in total. The van der Waals surface area contributed by atoms with Crippen LogP contribution in [-0.4, -0.2) is 35.2 Å². The summed E-state index contributed by atoms with van der Waals surface area (Å²) >= 11 is 0. The Morgan fingerprint density at radius 2 is 1.75 bits per heavy atom. The summed E-state index contributed by atoms with van der Waals surface area (Å²) in [6.07, 6.45) is 0.529. The summed E-state index contributed by atoms with van der Waals surface area (Å²) in [5, 5.41) is 0. The topological polar surface area (TPSA) is 55.6 Å². The van der Waals surface area contributed by atoms with Gasteiger partial charge in [0.1, 0.15) is 5.60 Å². The summed E-state index contributed by atoms with van der Waals surface area (Å²) in [5.41, 5.74) is 4.96. The first-order chi connectivity index (χ1) is 7.20. The summed E-state index contributed by atoms with van der Waals surface area (Å²) in [7, 11) is 0. The maximum atomic E-state index is 12.0.